The molecule has 1 atom stereocenters. The number of carbonyl (C=O) groups is 1. The predicted octanol–water partition coefficient (Wildman–Crippen LogP) is 3.46. The highest BCUT2D eigenvalue weighted by Crippen LogP contribution is 2.21. The molecule has 9 heteroatoms. The van der Waals surface area contributed by atoms with Crippen LogP contribution in [0.25, 0.3) is 11.4 Å². The van der Waals surface area contributed by atoms with Crippen LogP contribution in [0.1, 0.15) is 18.4 Å². The van der Waals surface area contributed by atoms with Crippen molar-refractivity contribution in [1.29, 1.82) is 0 Å². The summed E-state index contributed by atoms with van der Waals surface area (Å²) < 4.78 is 10.2. The topological polar surface area (TPSA) is 112 Å². The lowest BCUT2D eigenvalue weighted by molar-refractivity contribution is -0.384. The van der Waals surface area contributed by atoms with E-state index < -0.39 is 4.92 Å². The van der Waals surface area contributed by atoms with Crippen LogP contribution in [0.2, 0.25) is 0 Å². The number of aromatic nitrogens is 2. The number of non-ortho nitro benzene ring substituents is 1. The monoisotopic (exact) mass is 410 g/mol. The molecule has 0 spiro atoms. The fraction of sp³-hybridized carbons (Fsp3) is 0.286. The van der Waals surface area contributed by atoms with Crippen LogP contribution in [0.4, 0.5) is 5.69 Å². The van der Waals surface area contributed by atoms with Gasteiger partial charge in [-0.2, -0.15) is 4.98 Å². The van der Waals surface area contributed by atoms with Crippen molar-refractivity contribution in [2.24, 2.45) is 5.92 Å². The molecule has 0 amide bonds. The maximum absolute atomic E-state index is 11.9. The molecule has 9 nitrogen and oxygen atoms in total. The second-order valence-electron chi connectivity index (χ2n) is 6.90. The summed E-state index contributed by atoms with van der Waals surface area (Å²) in [5.74, 6) is 0.123. The summed E-state index contributed by atoms with van der Waals surface area (Å²) >= 11 is 0. The second-order valence-corrected chi connectivity index (χ2v) is 6.90. The zero-order valence-electron chi connectivity index (χ0n) is 16.7. The maximum atomic E-state index is 11.9. The number of rotatable bonds is 9. The minimum absolute atomic E-state index is 0.00620. The molecule has 0 bridgehead atoms. The van der Waals surface area contributed by atoms with Crippen molar-refractivity contribution in [1.82, 2.24) is 15.0 Å². The van der Waals surface area contributed by atoms with Crippen molar-refractivity contribution in [2.75, 3.05) is 13.7 Å². The number of benzene rings is 2. The standard InChI is InChI=1S/C21H22N4O5/c1-15(21(26)29-2)12-24(13-16-6-4-3-5-7-16)14-19-22-20(23-30-19)17-8-10-18(11-9-17)25(27)28/h3-11,15H,12-14H2,1-2H3. The van der Waals surface area contributed by atoms with E-state index in [1.165, 1.54) is 19.2 Å². The number of hydrogen-bond acceptors (Lipinski definition) is 8. The Kier molecular flexibility index (Phi) is 6.87. The van der Waals surface area contributed by atoms with E-state index in [0.717, 1.165) is 5.56 Å². The minimum atomic E-state index is -0.463. The Morgan fingerprint density at radius 2 is 1.87 bits per heavy atom. The van der Waals surface area contributed by atoms with Gasteiger partial charge in [0, 0.05) is 30.8 Å². The van der Waals surface area contributed by atoms with Crippen molar-refractivity contribution >= 4 is 11.7 Å². The van der Waals surface area contributed by atoms with Crippen molar-refractivity contribution in [2.45, 2.75) is 20.0 Å². The van der Waals surface area contributed by atoms with E-state index in [4.69, 9.17) is 9.26 Å². The van der Waals surface area contributed by atoms with E-state index in [0.29, 0.717) is 36.9 Å². The highest BCUT2D eigenvalue weighted by molar-refractivity contribution is 5.72. The molecule has 0 N–H and O–H groups in total. The first-order valence-electron chi connectivity index (χ1n) is 9.37. The van der Waals surface area contributed by atoms with E-state index in [1.807, 2.05) is 35.2 Å². The first-order valence-corrected chi connectivity index (χ1v) is 9.37. The molecule has 0 aliphatic heterocycles. The first-order chi connectivity index (χ1) is 14.5. The normalized spacial score (nSPS) is 12.0. The smallest absolute Gasteiger partial charge is 0.309 e. The van der Waals surface area contributed by atoms with Crippen molar-refractivity contribution in [3.63, 3.8) is 0 Å². The van der Waals surface area contributed by atoms with Crippen LogP contribution >= 0.6 is 0 Å². The lowest BCUT2D eigenvalue weighted by atomic mass is 10.1. The average molecular weight is 410 g/mol. The van der Waals surface area contributed by atoms with E-state index >= 15 is 0 Å². The van der Waals surface area contributed by atoms with Crippen molar-refractivity contribution in [3.8, 4) is 11.4 Å². The van der Waals surface area contributed by atoms with Gasteiger partial charge in [0.25, 0.3) is 5.69 Å². The quantitative estimate of drug-likeness (QED) is 0.299. The summed E-state index contributed by atoms with van der Waals surface area (Å²) in [5, 5.41) is 14.8. The molecule has 0 saturated carbocycles. The summed E-state index contributed by atoms with van der Waals surface area (Å²) in [6.07, 6.45) is 0. The SMILES string of the molecule is COC(=O)C(C)CN(Cc1ccccc1)Cc1nc(-c2ccc([N+](=O)[O-])cc2)no1. The molecule has 1 heterocycles. The molecular formula is C21H22N4O5. The molecule has 0 aliphatic carbocycles. The number of esters is 1. The Labute approximate surface area is 173 Å². The second kappa shape index (κ2) is 9.75. The van der Waals surface area contributed by atoms with Gasteiger partial charge in [0.1, 0.15) is 0 Å². The van der Waals surface area contributed by atoms with Gasteiger partial charge in [0.15, 0.2) is 0 Å². The van der Waals surface area contributed by atoms with Gasteiger partial charge in [-0.05, 0) is 17.7 Å². The number of nitro benzene ring substituents is 1. The van der Waals surface area contributed by atoms with Gasteiger partial charge in [0.2, 0.25) is 11.7 Å². The summed E-state index contributed by atoms with van der Waals surface area (Å²) in [7, 11) is 1.37. The van der Waals surface area contributed by atoms with Crippen LogP contribution in [0.15, 0.2) is 59.1 Å². The predicted molar refractivity (Wildman–Crippen MR) is 108 cm³/mol. The van der Waals surface area contributed by atoms with E-state index in [1.54, 1.807) is 19.1 Å². The number of hydrogen-bond donors (Lipinski definition) is 0. The van der Waals surface area contributed by atoms with E-state index in [2.05, 4.69) is 10.1 Å². The molecule has 0 fully saturated rings. The fourth-order valence-electron chi connectivity index (χ4n) is 3.05. The lowest BCUT2D eigenvalue weighted by Crippen LogP contribution is -2.32. The van der Waals surface area contributed by atoms with Gasteiger partial charge in [0.05, 0.1) is 24.5 Å². The van der Waals surface area contributed by atoms with Gasteiger partial charge in [-0.15, -0.1) is 0 Å². The highest BCUT2D eigenvalue weighted by Gasteiger charge is 2.20. The lowest BCUT2D eigenvalue weighted by Gasteiger charge is -2.23. The van der Waals surface area contributed by atoms with Gasteiger partial charge >= 0.3 is 5.97 Å². The third-order valence-corrected chi connectivity index (χ3v) is 4.55. The molecule has 0 aliphatic rings. The van der Waals surface area contributed by atoms with Gasteiger partial charge in [-0.1, -0.05) is 42.4 Å². The van der Waals surface area contributed by atoms with E-state index in [-0.39, 0.29) is 17.6 Å². The first kappa shape index (κ1) is 21.1. The number of nitrogens with zero attached hydrogens (tertiary/aromatic N) is 4. The number of methoxy groups -OCH3 is 1. The molecule has 1 aromatic heterocycles. The van der Waals surface area contributed by atoms with Gasteiger partial charge in [-0.25, -0.2) is 0 Å². The van der Waals surface area contributed by atoms with Gasteiger partial charge < -0.3 is 9.26 Å². The summed E-state index contributed by atoms with van der Waals surface area (Å²) in [6, 6.07) is 15.8. The van der Waals surface area contributed by atoms with Crippen LogP contribution in [-0.4, -0.2) is 39.6 Å². The summed E-state index contributed by atoms with van der Waals surface area (Å²) in [6.45, 7) is 3.20. The Hall–Kier alpha value is -3.59. The molecule has 30 heavy (non-hydrogen) atoms. The summed E-state index contributed by atoms with van der Waals surface area (Å²) in [4.78, 5) is 28.6. The molecule has 0 saturated heterocycles. The number of nitro groups is 1. The Balaban J connectivity index is 1.75. The van der Waals surface area contributed by atoms with Crippen molar-refractivity contribution in [3.05, 3.63) is 76.2 Å². The maximum Gasteiger partial charge on any atom is 0.309 e. The molecule has 2 aromatic carbocycles. The van der Waals surface area contributed by atoms with Gasteiger partial charge in [-0.3, -0.25) is 19.8 Å². The van der Waals surface area contributed by atoms with Crippen LogP contribution in [0.3, 0.4) is 0 Å². The third kappa shape index (κ3) is 5.48. The highest BCUT2D eigenvalue weighted by atomic mass is 16.6. The minimum Gasteiger partial charge on any atom is -0.469 e. The zero-order chi connectivity index (χ0) is 21.5. The molecule has 3 aromatic rings. The Morgan fingerprint density at radius 3 is 2.50 bits per heavy atom. The molecule has 156 valence electrons. The average Bonchev–Trinajstić information content (AvgIpc) is 3.22. The Bertz CT molecular complexity index is 988. The molecule has 0 radical (unpaired) electrons. The third-order valence-electron chi connectivity index (χ3n) is 4.55. The number of carbonyl (C=O) groups excluding carboxylic acids is 1. The largest absolute Gasteiger partial charge is 0.469 e. The van der Waals surface area contributed by atoms with Crippen LogP contribution in [0.5, 0.6) is 0 Å². The Morgan fingerprint density at radius 1 is 1.17 bits per heavy atom. The van der Waals surface area contributed by atoms with Crippen LogP contribution < -0.4 is 0 Å². The zero-order valence-corrected chi connectivity index (χ0v) is 16.7. The number of ether oxygens (including phenoxy) is 1. The van der Waals surface area contributed by atoms with Crippen LogP contribution in [0, 0.1) is 16.0 Å². The molecule has 1 unspecified atom stereocenters. The molecule has 3 rings (SSSR count). The molecular weight excluding hydrogens is 388 g/mol. The summed E-state index contributed by atoms with van der Waals surface area (Å²) in [5.41, 5.74) is 1.70. The fourth-order valence-corrected chi connectivity index (χ4v) is 3.05. The van der Waals surface area contributed by atoms with E-state index in [9.17, 15) is 14.9 Å². The van der Waals surface area contributed by atoms with Crippen molar-refractivity contribution < 1.29 is 19.0 Å². The van der Waals surface area contributed by atoms with Crippen LogP contribution in [-0.2, 0) is 22.6 Å².